The van der Waals surface area contributed by atoms with Gasteiger partial charge in [-0.3, -0.25) is 20.0 Å². The lowest BCUT2D eigenvalue weighted by Gasteiger charge is -2.15. The van der Waals surface area contributed by atoms with Crippen LogP contribution in [0.4, 0.5) is 0 Å². The smallest absolute Gasteiger partial charge is 0.285 e. The van der Waals surface area contributed by atoms with Crippen molar-refractivity contribution in [1.82, 2.24) is 15.4 Å². The van der Waals surface area contributed by atoms with Crippen LogP contribution in [0.2, 0.25) is 0 Å². The molecule has 2 aromatic rings. The van der Waals surface area contributed by atoms with Gasteiger partial charge in [0.05, 0.1) is 12.0 Å². The number of aromatic nitrogens is 1. The van der Waals surface area contributed by atoms with Gasteiger partial charge in [0, 0.05) is 23.5 Å². The second-order valence-electron chi connectivity index (χ2n) is 4.94. The number of ether oxygens (including phenoxy) is 1. The highest BCUT2D eigenvalue weighted by Gasteiger charge is 2.34. The van der Waals surface area contributed by atoms with E-state index in [0.29, 0.717) is 16.2 Å². The van der Waals surface area contributed by atoms with Crippen LogP contribution in [0.15, 0.2) is 53.7 Å². The molecule has 1 fully saturated rings. The summed E-state index contributed by atoms with van der Waals surface area (Å²) < 4.78 is 5.54. The lowest BCUT2D eigenvalue weighted by atomic mass is 10.2. The van der Waals surface area contributed by atoms with Crippen LogP contribution in [0.25, 0.3) is 6.08 Å². The average molecular weight is 371 g/mol. The van der Waals surface area contributed by atoms with Crippen LogP contribution in [-0.4, -0.2) is 33.2 Å². The van der Waals surface area contributed by atoms with Crippen LogP contribution < -0.4 is 10.2 Å². The summed E-state index contributed by atoms with van der Waals surface area (Å²) in [5.41, 5.74) is 3.66. The fraction of sp³-hybridized carbons (Fsp3) is 0.0588. The number of rotatable bonds is 4. The third kappa shape index (κ3) is 3.70. The zero-order chi connectivity index (χ0) is 17.8. The Labute approximate surface area is 153 Å². The first-order valence-corrected chi connectivity index (χ1v) is 8.44. The zero-order valence-corrected chi connectivity index (χ0v) is 14.8. The summed E-state index contributed by atoms with van der Waals surface area (Å²) in [7, 11) is 1.56. The minimum absolute atomic E-state index is 0.258. The molecule has 126 valence electrons. The van der Waals surface area contributed by atoms with Gasteiger partial charge in [-0.1, -0.05) is 30.0 Å². The van der Waals surface area contributed by atoms with E-state index < -0.39 is 5.91 Å². The maximum atomic E-state index is 12.6. The van der Waals surface area contributed by atoms with E-state index in [1.165, 1.54) is 12.4 Å². The van der Waals surface area contributed by atoms with E-state index in [0.717, 1.165) is 22.3 Å². The number of para-hydroxylation sites is 1. The van der Waals surface area contributed by atoms with E-state index in [1.807, 2.05) is 18.2 Å². The molecule has 0 bridgehead atoms. The maximum Gasteiger partial charge on any atom is 0.285 e. The van der Waals surface area contributed by atoms with Crippen molar-refractivity contribution in [2.24, 2.45) is 0 Å². The van der Waals surface area contributed by atoms with Crippen molar-refractivity contribution in [2.45, 2.75) is 0 Å². The predicted molar refractivity (Wildman–Crippen MR) is 99.7 cm³/mol. The molecule has 0 unspecified atom stereocenters. The minimum atomic E-state index is -0.433. The monoisotopic (exact) mass is 371 g/mol. The SMILES string of the molecule is COc1ccccc1/C=C1/SC(=S)N(NC(=O)c2ccncc2)C1=O. The first-order valence-electron chi connectivity index (χ1n) is 7.22. The molecule has 1 saturated heterocycles. The van der Waals surface area contributed by atoms with E-state index in [1.54, 1.807) is 31.4 Å². The molecule has 1 aliphatic rings. The lowest BCUT2D eigenvalue weighted by molar-refractivity contribution is -0.123. The summed E-state index contributed by atoms with van der Waals surface area (Å²) in [4.78, 5) is 29.0. The fourth-order valence-corrected chi connectivity index (χ4v) is 3.33. The number of carbonyl (C=O) groups excluding carboxylic acids is 2. The number of hydrogen-bond donors (Lipinski definition) is 1. The summed E-state index contributed by atoms with van der Waals surface area (Å²) in [6.07, 6.45) is 4.69. The number of methoxy groups -OCH3 is 1. The van der Waals surface area contributed by atoms with Crippen LogP contribution in [0.1, 0.15) is 15.9 Å². The Balaban J connectivity index is 1.81. The van der Waals surface area contributed by atoms with Crippen molar-refractivity contribution in [2.75, 3.05) is 7.11 Å². The number of carbonyl (C=O) groups is 2. The number of nitrogens with one attached hydrogen (secondary N) is 1. The molecule has 2 heterocycles. The van der Waals surface area contributed by atoms with E-state index in [-0.39, 0.29) is 10.2 Å². The molecule has 1 aromatic carbocycles. The van der Waals surface area contributed by atoms with E-state index >= 15 is 0 Å². The Hall–Kier alpha value is -2.71. The average Bonchev–Trinajstić information content (AvgIpc) is 2.90. The number of hydrogen-bond acceptors (Lipinski definition) is 6. The van der Waals surface area contributed by atoms with Crippen LogP contribution in [0, 0.1) is 0 Å². The van der Waals surface area contributed by atoms with Crippen LogP contribution in [-0.2, 0) is 4.79 Å². The van der Waals surface area contributed by atoms with Gasteiger partial charge >= 0.3 is 0 Å². The summed E-state index contributed by atoms with van der Waals surface area (Å²) >= 11 is 6.33. The molecular weight excluding hydrogens is 358 g/mol. The third-order valence-electron chi connectivity index (χ3n) is 3.38. The minimum Gasteiger partial charge on any atom is -0.496 e. The van der Waals surface area contributed by atoms with Crippen molar-refractivity contribution >= 4 is 46.2 Å². The Morgan fingerprint density at radius 1 is 1.28 bits per heavy atom. The van der Waals surface area contributed by atoms with Crippen molar-refractivity contribution in [3.63, 3.8) is 0 Å². The maximum absolute atomic E-state index is 12.6. The predicted octanol–water partition coefficient (Wildman–Crippen LogP) is 2.64. The lowest BCUT2D eigenvalue weighted by Crippen LogP contribution is -2.44. The molecule has 1 aliphatic heterocycles. The van der Waals surface area contributed by atoms with Crippen LogP contribution in [0.5, 0.6) is 5.75 Å². The molecule has 0 radical (unpaired) electrons. The quantitative estimate of drug-likeness (QED) is 0.658. The number of thioether (sulfide) groups is 1. The molecule has 1 aromatic heterocycles. The van der Waals surface area contributed by atoms with E-state index in [4.69, 9.17) is 17.0 Å². The van der Waals surface area contributed by atoms with Crippen LogP contribution >= 0.6 is 24.0 Å². The fourth-order valence-electron chi connectivity index (χ4n) is 2.16. The summed E-state index contributed by atoms with van der Waals surface area (Å²) in [5.74, 6) is -0.172. The molecule has 0 atom stereocenters. The Kier molecular flexibility index (Phi) is 5.11. The molecule has 6 nitrogen and oxygen atoms in total. The molecular formula is C17H13N3O3S2. The number of amides is 2. The molecule has 0 aliphatic carbocycles. The van der Waals surface area contributed by atoms with Gasteiger partial charge in [0.1, 0.15) is 5.75 Å². The number of hydrazine groups is 1. The van der Waals surface area contributed by atoms with Crippen LogP contribution in [0.3, 0.4) is 0 Å². The summed E-state index contributed by atoms with van der Waals surface area (Å²) in [6.45, 7) is 0. The summed E-state index contributed by atoms with van der Waals surface area (Å²) in [6, 6.07) is 10.4. The molecule has 25 heavy (non-hydrogen) atoms. The molecule has 0 spiro atoms. The van der Waals surface area contributed by atoms with Gasteiger partial charge in [0.15, 0.2) is 4.32 Å². The topological polar surface area (TPSA) is 71.5 Å². The summed E-state index contributed by atoms with van der Waals surface area (Å²) in [5, 5.41) is 1.07. The number of benzene rings is 1. The van der Waals surface area contributed by atoms with Gasteiger partial charge in [-0.25, -0.2) is 0 Å². The normalized spacial score (nSPS) is 15.6. The van der Waals surface area contributed by atoms with Crippen molar-refractivity contribution < 1.29 is 14.3 Å². The third-order valence-corrected chi connectivity index (χ3v) is 4.68. The van der Waals surface area contributed by atoms with Gasteiger partial charge < -0.3 is 4.74 Å². The van der Waals surface area contributed by atoms with Gasteiger partial charge in [-0.15, -0.1) is 0 Å². The highest BCUT2D eigenvalue weighted by atomic mass is 32.2. The molecule has 1 N–H and O–H groups in total. The van der Waals surface area contributed by atoms with Crippen molar-refractivity contribution in [3.05, 3.63) is 64.8 Å². The second kappa shape index (κ2) is 7.45. The Morgan fingerprint density at radius 3 is 2.72 bits per heavy atom. The van der Waals surface area contributed by atoms with E-state index in [9.17, 15) is 9.59 Å². The molecule has 2 amide bonds. The molecule has 0 saturated carbocycles. The largest absolute Gasteiger partial charge is 0.496 e. The van der Waals surface area contributed by atoms with Gasteiger partial charge in [-0.05, 0) is 36.5 Å². The standard InChI is InChI=1S/C17H13N3O3S2/c1-23-13-5-3-2-4-12(13)10-14-16(22)20(17(24)25-14)19-15(21)11-6-8-18-9-7-11/h2-10H,1H3,(H,19,21)/b14-10+. The first kappa shape index (κ1) is 17.1. The second-order valence-corrected chi connectivity index (χ2v) is 6.61. The highest BCUT2D eigenvalue weighted by Crippen LogP contribution is 2.33. The van der Waals surface area contributed by atoms with Crippen molar-refractivity contribution in [1.29, 1.82) is 0 Å². The highest BCUT2D eigenvalue weighted by molar-refractivity contribution is 8.26. The zero-order valence-electron chi connectivity index (χ0n) is 13.1. The first-order chi connectivity index (χ1) is 12.1. The molecule has 8 heteroatoms. The van der Waals surface area contributed by atoms with Gasteiger partial charge in [0.2, 0.25) is 0 Å². The number of thiocarbonyl (C=S) groups is 1. The van der Waals surface area contributed by atoms with Gasteiger partial charge in [0.25, 0.3) is 11.8 Å². The van der Waals surface area contributed by atoms with Crippen molar-refractivity contribution in [3.8, 4) is 5.75 Å². The molecule has 3 rings (SSSR count). The Bertz CT molecular complexity index is 868. The Morgan fingerprint density at radius 2 is 2.00 bits per heavy atom. The number of nitrogens with zero attached hydrogens (tertiary/aromatic N) is 2. The van der Waals surface area contributed by atoms with E-state index in [2.05, 4.69) is 10.4 Å². The van der Waals surface area contributed by atoms with Gasteiger partial charge in [-0.2, -0.15) is 5.01 Å². The number of pyridine rings is 1.